The third-order valence-electron chi connectivity index (χ3n) is 7.25. The number of carbonyl (C=O) groups excluding carboxylic acids is 2. The second kappa shape index (κ2) is 8.83. The molecule has 1 aliphatic carbocycles. The van der Waals surface area contributed by atoms with Gasteiger partial charge in [0, 0.05) is 12.3 Å². The third kappa shape index (κ3) is 3.73. The van der Waals surface area contributed by atoms with E-state index < -0.39 is 23.5 Å². The third-order valence-corrected chi connectivity index (χ3v) is 7.25. The van der Waals surface area contributed by atoms with Crippen LogP contribution in [0.2, 0.25) is 0 Å². The summed E-state index contributed by atoms with van der Waals surface area (Å²) in [5.41, 5.74) is -0.916. The van der Waals surface area contributed by atoms with Gasteiger partial charge < -0.3 is 19.3 Å². The summed E-state index contributed by atoms with van der Waals surface area (Å²) < 4.78 is 17.3. The van der Waals surface area contributed by atoms with E-state index >= 15 is 0 Å². The van der Waals surface area contributed by atoms with Gasteiger partial charge in [-0.1, -0.05) is 50.5 Å². The van der Waals surface area contributed by atoms with E-state index in [9.17, 15) is 14.7 Å². The molecule has 0 unspecified atom stereocenters. The Morgan fingerprint density at radius 3 is 2.77 bits per heavy atom. The monoisotopic (exact) mass is 418 g/mol. The lowest BCUT2D eigenvalue weighted by Crippen LogP contribution is -2.44. The van der Waals surface area contributed by atoms with Crippen molar-refractivity contribution in [2.45, 2.75) is 95.7 Å². The maximum atomic E-state index is 13.2. The minimum absolute atomic E-state index is 0.00427. The van der Waals surface area contributed by atoms with Gasteiger partial charge in [0.1, 0.15) is 18.1 Å². The van der Waals surface area contributed by atoms with Crippen LogP contribution < -0.4 is 0 Å². The van der Waals surface area contributed by atoms with Gasteiger partial charge in [-0.25, -0.2) is 0 Å². The van der Waals surface area contributed by atoms with Gasteiger partial charge in [0.15, 0.2) is 6.10 Å². The van der Waals surface area contributed by atoms with E-state index in [0.717, 1.165) is 38.5 Å². The number of hydrogen-bond donors (Lipinski definition) is 1. The van der Waals surface area contributed by atoms with E-state index in [1.807, 2.05) is 25.2 Å². The number of hydrogen-bond acceptors (Lipinski definition) is 6. The number of esters is 2. The molecule has 0 aromatic rings. The summed E-state index contributed by atoms with van der Waals surface area (Å²) in [6, 6.07) is 0. The van der Waals surface area contributed by atoms with Gasteiger partial charge in [-0.2, -0.15) is 0 Å². The Morgan fingerprint density at radius 2 is 2.03 bits per heavy atom. The molecule has 3 fully saturated rings. The van der Waals surface area contributed by atoms with Crippen LogP contribution in [0.5, 0.6) is 0 Å². The molecule has 6 nitrogen and oxygen atoms in total. The Balaban J connectivity index is 1.53. The number of aliphatic hydroxyl groups excluding tert-OH is 1. The number of carbonyl (C=O) groups is 2. The van der Waals surface area contributed by atoms with Crippen molar-refractivity contribution in [1.82, 2.24) is 0 Å². The van der Waals surface area contributed by atoms with Crippen molar-refractivity contribution in [3.8, 4) is 0 Å². The second-order valence-electron chi connectivity index (χ2n) is 9.30. The SMILES string of the molecule is CCCCCC[C@H]1OC(=O)[C@@H]2[C@H]1OC(=O)[C@]21CCC=C[C@H]1/C=C/[C@@H]1O[C@H](C)C[C@@H]1O. The minimum atomic E-state index is -0.916. The number of aliphatic hydroxyl groups is 1. The number of allylic oxidation sites excluding steroid dienone is 3. The molecule has 3 heterocycles. The van der Waals surface area contributed by atoms with E-state index in [-0.39, 0.29) is 36.2 Å². The first kappa shape index (κ1) is 21.6. The molecule has 4 aliphatic rings. The van der Waals surface area contributed by atoms with Crippen LogP contribution in [-0.4, -0.2) is 47.6 Å². The fraction of sp³-hybridized carbons (Fsp3) is 0.750. The fourth-order valence-corrected chi connectivity index (χ4v) is 5.67. The van der Waals surface area contributed by atoms with Crippen molar-refractivity contribution in [1.29, 1.82) is 0 Å². The van der Waals surface area contributed by atoms with Crippen LogP contribution in [0.15, 0.2) is 24.3 Å². The highest BCUT2D eigenvalue weighted by molar-refractivity contribution is 5.91. The van der Waals surface area contributed by atoms with Crippen LogP contribution in [0.4, 0.5) is 0 Å². The van der Waals surface area contributed by atoms with Gasteiger partial charge in [-0.3, -0.25) is 9.59 Å². The van der Waals surface area contributed by atoms with Crippen molar-refractivity contribution < 1.29 is 28.9 Å². The second-order valence-corrected chi connectivity index (χ2v) is 9.30. The zero-order valence-corrected chi connectivity index (χ0v) is 18.0. The van der Waals surface area contributed by atoms with Gasteiger partial charge >= 0.3 is 11.9 Å². The summed E-state index contributed by atoms with van der Waals surface area (Å²) in [6.07, 6.45) is 13.1. The lowest BCUT2D eigenvalue weighted by atomic mass is 9.61. The number of unbranched alkanes of at least 4 members (excludes halogenated alkanes) is 3. The average Bonchev–Trinajstić information content (AvgIpc) is 3.31. The Bertz CT molecular complexity index is 714. The maximum absolute atomic E-state index is 13.2. The Hall–Kier alpha value is -1.66. The van der Waals surface area contributed by atoms with E-state index in [0.29, 0.717) is 12.8 Å². The molecule has 1 N–H and O–H groups in total. The van der Waals surface area contributed by atoms with E-state index in [1.54, 1.807) is 0 Å². The summed E-state index contributed by atoms with van der Waals surface area (Å²) in [6.45, 7) is 4.10. The fourth-order valence-electron chi connectivity index (χ4n) is 5.67. The standard InChI is InChI=1S/C24H34O6/c1-3-4-5-6-10-19-21-20(22(26)29-19)24(23(27)30-21)13-8-7-9-16(24)11-12-18-17(25)14-15(2)28-18/h7,9,11-12,15-21,25H,3-6,8,10,13-14H2,1-2H3/b12-11+/t15-,16+,17+,18+,19-,20+,21+,24+/m1/s1. The summed E-state index contributed by atoms with van der Waals surface area (Å²) in [4.78, 5) is 26.1. The molecule has 8 atom stereocenters. The minimum Gasteiger partial charge on any atom is -0.458 e. The van der Waals surface area contributed by atoms with Crippen molar-refractivity contribution in [2.75, 3.05) is 0 Å². The number of rotatable bonds is 7. The maximum Gasteiger partial charge on any atom is 0.314 e. The lowest BCUT2D eigenvalue weighted by Gasteiger charge is -2.36. The van der Waals surface area contributed by atoms with E-state index in [2.05, 4.69) is 13.0 Å². The molecule has 0 aromatic heterocycles. The molecule has 30 heavy (non-hydrogen) atoms. The van der Waals surface area contributed by atoms with E-state index in [1.165, 1.54) is 0 Å². The smallest absolute Gasteiger partial charge is 0.314 e. The predicted octanol–water partition coefficient (Wildman–Crippen LogP) is 3.47. The molecule has 166 valence electrons. The van der Waals surface area contributed by atoms with Gasteiger partial charge in [0.2, 0.25) is 0 Å². The summed E-state index contributed by atoms with van der Waals surface area (Å²) >= 11 is 0. The van der Waals surface area contributed by atoms with Gasteiger partial charge in [0.05, 0.1) is 17.6 Å². The molecule has 0 radical (unpaired) electrons. The van der Waals surface area contributed by atoms with Crippen molar-refractivity contribution in [3.05, 3.63) is 24.3 Å². The number of ether oxygens (including phenoxy) is 3. The molecule has 0 bridgehead atoms. The Morgan fingerprint density at radius 1 is 1.20 bits per heavy atom. The van der Waals surface area contributed by atoms with Crippen molar-refractivity contribution in [2.24, 2.45) is 17.3 Å². The van der Waals surface area contributed by atoms with Crippen LogP contribution in [0.25, 0.3) is 0 Å². The van der Waals surface area contributed by atoms with Crippen LogP contribution in [-0.2, 0) is 23.8 Å². The molecular formula is C24H34O6. The van der Waals surface area contributed by atoms with Crippen molar-refractivity contribution >= 4 is 11.9 Å². The molecule has 0 saturated carbocycles. The summed E-state index contributed by atoms with van der Waals surface area (Å²) in [7, 11) is 0. The zero-order valence-electron chi connectivity index (χ0n) is 18.0. The van der Waals surface area contributed by atoms with Crippen LogP contribution in [0, 0.1) is 17.3 Å². The van der Waals surface area contributed by atoms with Crippen LogP contribution >= 0.6 is 0 Å². The highest BCUT2D eigenvalue weighted by Crippen LogP contribution is 2.56. The predicted molar refractivity (Wildman–Crippen MR) is 110 cm³/mol. The molecule has 0 amide bonds. The Labute approximate surface area is 178 Å². The molecule has 6 heteroatoms. The summed E-state index contributed by atoms with van der Waals surface area (Å²) in [5.74, 6) is -1.42. The van der Waals surface area contributed by atoms with Crippen molar-refractivity contribution in [3.63, 3.8) is 0 Å². The zero-order chi connectivity index (χ0) is 21.3. The molecule has 4 rings (SSSR count). The quantitative estimate of drug-likeness (QED) is 0.387. The van der Waals surface area contributed by atoms with Gasteiger partial charge in [0.25, 0.3) is 0 Å². The summed E-state index contributed by atoms with van der Waals surface area (Å²) in [5, 5.41) is 10.2. The largest absolute Gasteiger partial charge is 0.458 e. The highest BCUT2D eigenvalue weighted by Gasteiger charge is 2.68. The molecule has 3 aliphatic heterocycles. The van der Waals surface area contributed by atoms with Crippen LogP contribution in [0.1, 0.15) is 65.2 Å². The number of fused-ring (bicyclic) bond motifs is 2. The lowest BCUT2D eigenvalue weighted by molar-refractivity contribution is -0.162. The van der Waals surface area contributed by atoms with E-state index in [4.69, 9.17) is 14.2 Å². The molecular weight excluding hydrogens is 384 g/mol. The normalized spacial score (nSPS) is 42.8. The van der Waals surface area contributed by atoms with Crippen LogP contribution in [0.3, 0.4) is 0 Å². The first-order chi connectivity index (χ1) is 14.5. The first-order valence-electron chi connectivity index (χ1n) is 11.6. The topological polar surface area (TPSA) is 82.1 Å². The molecule has 3 saturated heterocycles. The molecule has 1 spiro atoms. The number of cyclic esters (lactones) is 1. The van der Waals surface area contributed by atoms with Gasteiger partial charge in [-0.15, -0.1) is 0 Å². The van der Waals surface area contributed by atoms with Gasteiger partial charge in [-0.05, 0) is 32.6 Å². The first-order valence-corrected chi connectivity index (χ1v) is 11.6. The highest BCUT2D eigenvalue weighted by atomic mass is 16.6. The average molecular weight is 419 g/mol. The Kier molecular flexibility index (Phi) is 6.35. The molecule has 0 aromatic carbocycles.